The molecular weight excluding hydrogens is 318 g/mol. The fourth-order valence-electron chi connectivity index (χ4n) is 2.78. The summed E-state index contributed by atoms with van der Waals surface area (Å²) < 4.78 is 12.3. The van der Waals surface area contributed by atoms with E-state index in [1.807, 2.05) is 30.1 Å². The monoisotopic (exact) mass is 347 g/mol. The highest BCUT2D eigenvalue weighted by molar-refractivity contribution is 5.39. The summed E-state index contributed by atoms with van der Waals surface area (Å²) in [5.41, 5.74) is 2.95. The topological polar surface area (TPSA) is 68.5 Å². The van der Waals surface area contributed by atoms with Crippen LogP contribution in [0.1, 0.15) is 43.7 Å². The number of rotatable bonds is 7. The lowest BCUT2D eigenvalue weighted by Gasteiger charge is -2.18. The lowest BCUT2D eigenvalue weighted by atomic mass is 9.89. The van der Waals surface area contributed by atoms with Crippen LogP contribution in [0.3, 0.4) is 0 Å². The van der Waals surface area contributed by atoms with Crippen molar-refractivity contribution in [3.8, 4) is 11.5 Å². The molecule has 2 N–H and O–H groups in total. The second-order valence-electron chi connectivity index (χ2n) is 7.22. The van der Waals surface area contributed by atoms with Gasteiger partial charge in [-0.25, -0.2) is 0 Å². The van der Waals surface area contributed by atoms with E-state index in [9.17, 15) is 5.11 Å². The van der Waals surface area contributed by atoms with Gasteiger partial charge in [0.25, 0.3) is 0 Å². The zero-order chi connectivity index (χ0) is 18.6. The van der Waals surface area contributed by atoms with Gasteiger partial charge in [0.2, 0.25) is 0 Å². The lowest BCUT2D eigenvalue weighted by molar-refractivity contribution is 0.173. The van der Waals surface area contributed by atoms with Crippen LogP contribution in [0, 0.1) is 0 Å². The van der Waals surface area contributed by atoms with Crippen LogP contribution in [0.25, 0.3) is 0 Å². The maximum atomic E-state index is 10.5. The first-order valence-corrected chi connectivity index (χ1v) is 8.39. The van der Waals surface area contributed by atoms with Crippen molar-refractivity contribution in [2.45, 2.75) is 38.8 Å². The van der Waals surface area contributed by atoms with Gasteiger partial charge in [0, 0.05) is 43.4 Å². The Morgan fingerprint density at radius 3 is 2.28 bits per heavy atom. The van der Waals surface area contributed by atoms with Crippen LogP contribution in [-0.4, -0.2) is 35.7 Å². The summed E-state index contributed by atoms with van der Waals surface area (Å²) in [5, 5.41) is 18.4. The Morgan fingerprint density at radius 2 is 1.76 bits per heavy atom. The molecular formula is C19H29N3O3. The maximum absolute atomic E-state index is 10.5. The van der Waals surface area contributed by atoms with Crippen LogP contribution in [0.4, 0.5) is 0 Å². The molecule has 1 aromatic carbocycles. The minimum Gasteiger partial charge on any atom is -0.497 e. The van der Waals surface area contributed by atoms with Gasteiger partial charge < -0.3 is 19.9 Å². The third-order valence-corrected chi connectivity index (χ3v) is 4.03. The van der Waals surface area contributed by atoms with Gasteiger partial charge >= 0.3 is 0 Å². The van der Waals surface area contributed by atoms with E-state index in [0.717, 1.165) is 16.8 Å². The van der Waals surface area contributed by atoms with Gasteiger partial charge in [0.05, 0.1) is 26.0 Å². The highest BCUT2D eigenvalue weighted by Crippen LogP contribution is 2.27. The van der Waals surface area contributed by atoms with E-state index in [0.29, 0.717) is 24.6 Å². The quantitative estimate of drug-likeness (QED) is 0.806. The van der Waals surface area contributed by atoms with Crippen LogP contribution in [-0.2, 0) is 19.0 Å². The van der Waals surface area contributed by atoms with E-state index in [1.165, 1.54) is 0 Å². The Labute approximate surface area is 149 Å². The number of nitrogens with one attached hydrogen (secondary N) is 1. The Kier molecular flexibility index (Phi) is 6.08. The molecule has 2 rings (SSSR count). The molecule has 1 atom stereocenters. The average molecular weight is 347 g/mol. The molecule has 1 aromatic heterocycles. The molecule has 0 amide bonds. The molecule has 0 saturated carbocycles. The largest absolute Gasteiger partial charge is 0.497 e. The predicted molar refractivity (Wildman–Crippen MR) is 98.1 cm³/mol. The highest BCUT2D eigenvalue weighted by atomic mass is 16.5. The maximum Gasteiger partial charge on any atom is 0.122 e. The minimum absolute atomic E-state index is 0.0168. The molecule has 138 valence electrons. The summed E-state index contributed by atoms with van der Waals surface area (Å²) in [6.07, 6.45) is 1.37. The third kappa shape index (κ3) is 4.96. The van der Waals surface area contributed by atoms with Gasteiger partial charge in [0.15, 0.2) is 0 Å². The van der Waals surface area contributed by atoms with Crippen LogP contribution in [0.15, 0.2) is 24.4 Å². The number of ether oxygens (including phenoxy) is 2. The number of aromatic nitrogens is 2. The van der Waals surface area contributed by atoms with Gasteiger partial charge in [-0.2, -0.15) is 5.10 Å². The zero-order valence-electron chi connectivity index (χ0n) is 16.0. The van der Waals surface area contributed by atoms with Crippen molar-refractivity contribution >= 4 is 0 Å². The molecule has 0 aliphatic carbocycles. The minimum atomic E-state index is -0.654. The molecule has 6 nitrogen and oxygen atoms in total. The Bertz CT molecular complexity index is 682. The van der Waals surface area contributed by atoms with Gasteiger partial charge in [-0.3, -0.25) is 4.68 Å². The van der Waals surface area contributed by atoms with E-state index in [1.54, 1.807) is 20.3 Å². The molecule has 0 saturated heterocycles. The summed E-state index contributed by atoms with van der Waals surface area (Å²) in [5.74, 6) is 1.33. The first-order chi connectivity index (χ1) is 11.7. The molecule has 1 unspecified atom stereocenters. The number of aliphatic hydroxyl groups is 1. The Morgan fingerprint density at radius 1 is 1.16 bits per heavy atom. The fraction of sp³-hybridized carbons (Fsp3) is 0.526. The molecule has 0 aliphatic heterocycles. The number of hydrogen-bond acceptors (Lipinski definition) is 5. The predicted octanol–water partition coefficient (Wildman–Crippen LogP) is 2.56. The first-order valence-electron chi connectivity index (χ1n) is 8.39. The number of hydrogen-bond donors (Lipinski definition) is 2. The van der Waals surface area contributed by atoms with E-state index in [-0.39, 0.29) is 5.41 Å². The van der Waals surface area contributed by atoms with E-state index in [2.05, 4.69) is 31.2 Å². The summed E-state index contributed by atoms with van der Waals surface area (Å²) in [6.45, 7) is 7.52. The summed E-state index contributed by atoms with van der Waals surface area (Å²) in [4.78, 5) is 0. The molecule has 0 radical (unpaired) electrons. The van der Waals surface area contributed by atoms with Gasteiger partial charge in [-0.1, -0.05) is 20.8 Å². The summed E-state index contributed by atoms with van der Waals surface area (Å²) in [7, 11) is 5.12. The number of aryl methyl sites for hydroxylation is 1. The normalized spacial score (nSPS) is 12.9. The van der Waals surface area contributed by atoms with E-state index in [4.69, 9.17) is 9.47 Å². The first kappa shape index (κ1) is 19.3. The zero-order valence-corrected chi connectivity index (χ0v) is 16.0. The van der Waals surface area contributed by atoms with Crippen molar-refractivity contribution < 1.29 is 14.6 Å². The van der Waals surface area contributed by atoms with Crippen molar-refractivity contribution in [1.29, 1.82) is 0 Å². The third-order valence-electron chi connectivity index (χ3n) is 4.03. The molecule has 0 aliphatic rings. The fourth-order valence-corrected chi connectivity index (χ4v) is 2.78. The van der Waals surface area contributed by atoms with Crippen molar-refractivity contribution in [2.24, 2.45) is 7.05 Å². The Balaban J connectivity index is 2.03. The smallest absolute Gasteiger partial charge is 0.122 e. The van der Waals surface area contributed by atoms with Crippen LogP contribution in [0.5, 0.6) is 11.5 Å². The van der Waals surface area contributed by atoms with Crippen LogP contribution >= 0.6 is 0 Å². The number of methoxy groups -OCH3 is 2. The number of aliphatic hydroxyl groups excluding tert-OH is 1. The molecule has 0 bridgehead atoms. The number of benzene rings is 1. The molecule has 0 spiro atoms. The van der Waals surface area contributed by atoms with Crippen LogP contribution in [0.2, 0.25) is 0 Å². The summed E-state index contributed by atoms with van der Waals surface area (Å²) >= 11 is 0. The standard InChI is InChI=1S/C19H29N3O3/c1-19(2,3)18-14(12-22(4)21-18)10-20-11-17(23)13-7-15(24-5)9-16(8-13)25-6/h7-9,12,17,20,23H,10-11H2,1-6H3. The molecule has 2 aromatic rings. The van der Waals surface area contributed by atoms with E-state index >= 15 is 0 Å². The molecule has 0 fully saturated rings. The van der Waals surface area contributed by atoms with E-state index < -0.39 is 6.10 Å². The van der Waals surface area contributed by atoms with Crippen molar-refractivity contribution in [1.82, 2.24) is 15.1 Å². The lowest BCUT2D eigenvalue weighted by Crippen LogP contribution is -2.23. The van der Waals surface area contributed by atoms with Gasteiger partial charge in [-0.15, -0.1) is 0 Å². The highest BCUT2D eigenvalue weighted by Gasteiger charge is 2.21. The van der Waals surface area contributed by atoms with Gasteiger partial charge in [-0.05, 0) is 17.7 Å². The van der Waals surface area contributed by atoms with Crippen LogP contribution < -0.4 is 14.8 Å². The van der Waals surface area contributed by atoms with Crippen molar-refractivity contribution in [3.05, 3.63) is 41.2 Å². The SMILES string of the molecule is COc1cc(OC)cc(C(O)CNCc2cn(C)nc2C(C)(C)C)c1. The number of nitrogens with zero attached hydrogens (tertiary/aromatic N) is 2. The molecule has 1 heterocycles. The second kappa shape index (κ2) is 7.89. The van der Waals surface area contributed by atoms with Crippen molar-refractivity contribution in [2.75, 3.05) is 20.8 Å². The average Bonchev–Trinajstić information content (AvgIpc) is 2.95. The Hall–Kier alpha value is -2.05. The molecule has 6 heteroatoms. The second-order valence-corrected chi connectivity index (χ2v) is 7.22. The van der Waals surface area contributed by atoms with Crippen molar-refractivity contribution in [3.63, 3.8) is 0 Å². The van der Waals surface area contributed by atoms with Gasteiger partial charge in [0.1, 0.15) is 11.5 Å². The summed E-state index contributed by atoms with van der Waals surface area (Å²) in [6, 6.07) is 5.42. The molecule has 25 heavy (non-hydrogen) atoms.